The summed E-state index contributed by atoms with van der Waals surface area (Å²) in [5.74, 6) is 0. The molecule has 0 bridgehead atoms. The molecule has 186 valence electrons. The molecule has 1 unspecified atom stereocenters. The van der Waals surface area contributed by atoms with Crippen LogP contribution in [0.25, 0.3) is 21.8 Å². The maximum absolute atomic E-state index is 13.9. The highest BCUT2D eigenvalue weighted by molar-refractivity contribution is 5.85. The first-order chi connectivity index (χ1) is 16.6. The Hall–Kier alpha value is -2.63. The predicted molar refractivity (Wildman–Crippen MR) is 144 cm³/mol. The molecule has 2 aromatic heterocycles. The Morgan fingerprint density at radius 2 is 1.69 bits per heavy atom. The molecule has 1 fully saturated rings. The Bertz CT molecular complexity index is 1270. The van der Waals surface area contributed by atoms with Crippen LogP contribution in [0.4, 0.5) is 4.39 Å². The standard InChI is InChI=1S/C16H21FN2.C14H18N2/c1-11-8-13-12-6-4-5-7-14(12)18-15(13)9-19(11)10-16(2,3)17;1-14(2)9-16(10-14)8-12-7-11-5-3-4-6-13(11)15-12/h4-7,11,18H,8-10H2,1-3H3;3-7,15H,8-10H2,1-2H3. The molecular weight excluding hydrogens is 435 g/mol. The highest BCUT2D eigenvalue weighted by Gasteiger charge is 2.34. The normalized spacial score (nSPS) is 20.3. The second-order valence-electron chi connectivity index (χ2n) is 12.0. The van der Waals surface area contributed by atoms with Gasteiger partial charge in [-0.05, 0) is 61.8 Å². The van der Waals surface area contributed by atoms with E-state index in [4.69, 9.17) is 0 Å². The molecule has 4 aromatic rings. The van der Waals surface area contributed by atoms with Crippen LogP contribution in [0.3, 0.4) is 0 Å². The van der Waals surface area contributed by atoms with Crippen LogP contribution in [0, 0.1) is 5.41 Å². The van der Waals surface area contributed by atoms with Gasteiger partial charge >= 0.3 is 0 Å². The van der Waals surface area contributed by atoms with Crippen LogP contribution in [-0.4, -0.2) is 51.1 Å². The van der Waals surface area contributed by atoms with Crippen molar-refractivity contribution in [1.29, 1.82) is 0 Å². The first-order valence-corrected chi connectivity index (χ1v) is 12.9. The summed E-state index contributed by atoms with van der Waals surface area (Å²) in [5, 5.41) is 2.64. The monoisotopic (exact) mass is 474 g/mol. The third-order valence-corrected chi connectivity index (χ3v) is 7.25. The molecule has 0 saturated carbocycles. The van der Waals surface area contributed by atoms with Crippen LogP contribution >= 0.6 is 0 Å². The zero-order valence-electron chi connectivity index (χ0n) is 21.8. The van der Waals surface area contributed by atoms with E-state index in [2.05, 4.69) is 95.1 Å². The summed E-state index contributed by atoms with van der Waals surface area (Å²) in [6.07, 6.45) is 0.995. The van der Waals surface area contributed by atoms with Crippen molar-refractivity contribution in [2.75, 3.05) is 19.6 Å². The maximum atomic E-state index is 13.9. The van der Waals surface area contributed by atoms with E-state index in [0.29, 0.717) is 18.0 Å². The van der Waals surface area contributed by atoms with Crippen molar-refractivity contribution in [3.8, 4) is 0 Å². The number of halogens is 1. The number of rotatable bonds is 4. The van der Waals surface area contributed by atoms with Crippen LogP contribution in [0.15, 0.2) is 54.6 Å². The van der Waals surface area contributed by atoms with Crippen LogP contribution in [0.5, 0.6) is 0 Å². The number of H-pyrrole nitrogens is 2. The van der Waals surface area contributed by atoms with Gasteiger partial charge in [0.25, 0.3) is 0 Å². The van der Waals surface area contributed by atoms with Crippen molar-refractivity contribution in [2.45, 2.75) is 65.8 Å². The lowest BCUT2D eigenvalue weighted by Crippen LogP contribution is -2.52. The summed E-state index contributed by atoms with van der Waals surface area (Å²) in [7, 11) is 0. The summed E-state index contributed by atoms with van der Waals surface area (Å²) < 4.78 is 13.9. The average Bonchev–Trinajstić information content (AvgIpc) is 3.32. The van der Waals surface area contributed by atoms with E-state index in [1.807, 2.05) is 0 Å². The van der Waals surface area contributed by atoms with Crippen molar-refractivity contribution >= 4 is 21.8 Å². The smallest absolute Gasteiger partial charge is 0.118 e. The second-order valence-corrected chi connectivity index (χ2v) is 12.0. The summed E-state index contributed by atoms with van der Waals surface area (Å²) >= 11 is 0. The highest BCUT2D eigenvalue weighted by Crippen LogP contribution is 2.32. The zero-order valence-corrected chi connectivity index (χ0v) is 21.8. The Kier molecular flexibility index (Phi) is 6.27. The van der Waals surface area contributed by atoms with Crippen LogP contribution in [0.2, 0.25) is 0 Å². The van der Waals surface area contributed by atoms with Gasteiger partial charge in [-0.25, -0.2) is 4.39 Å². The van der Waals surface area contributed by atoms with E-state index >= 15 is 0 Å². The molecule has 0 aliphatic carbocycles. The number of para-hydroxylation sites is 2. The molecule has 4 nitrogen and oxygen atoms in total. The molecule has 5 heteroatoms. The maximum Gasteiger partial charge on any atom is 0.118 e. The minimum Gasteiger partial charge on any atom is -0.357 e. The number of fused-ring (bicyclic) bond motifs is 4. The third-order valence-electron chi connectivity index (χ3n) is 7.25. The highest BCUT2D eigenvalue weighted by atomic mass is 19.1. The first kappa shape index (κ1) is 24.1. The molecule has 2 N–H and O–H groups in total. The number of aromatic amines is 2. The van der Waals surface area contributed by atoms with Crippen molar-refractivity contribution < 1.29 is 4.39 Å². The molecule has 0 spiro atoms. The van der Waals surface area contributed by atoms with Gasteiger partial charge in [0.2, 0.25) is 0 Å². The van der Waals surface area contributed by atoms with E-state index < -0.39 is 5.67 Å². The summed E-state index contributed by atoms with van der Waals surface area (Å²) in [4.78, 5) is 11.7. The SMILES string of the molecule is CC1(C)CN(Cc2cc3ccccc3[nH]2)C1.CC1Cc2c([nH]c3ccccc23)CN1CC(C)(C)F. The summed E-state index contributed by atoms with van der Waals surface area (Å²) in [5.41, 5.74) is 5.82. The van der Waals surface area contributed by atoms with Gasteiger partial charge in [0.05, 0.1) is 0 Å². The number of nitrogens with zero attached hydrogens (tertiary/aromatic N) is 2. The third kappa shape index (κ3) is 5.46. The Morgan fingerprint density at radius 1 is 1.00 bits per heavy atom. The predicted octanol–water partition coefficient (Wildman–Crippen LogP) is 6.67. The molecule has 1 atom stereocenters. The van der Waals surface area contributed by atoms with Crippen molar-refractivity contribution in [1.82, 2.24) is 19.8 Å². The number of hydrogen-bond acceptors (Lipinski definition) is 2. The minimum absolute atomic E-state index is 0.390. The molecule has 1 saturated heterocycles. The first-order valence-electron chi connectivity index (χ1n) is 12.9. The van der Waals surface area contributed by atoms with Gasteiger partial charge in [-0.3, -0.25) is 9.80 Å². The molecule has 2 aromatic carbocycles. The molecule has 6 rings (SSSR count). The Labute approximate surface area is 208 Å². The molecule has 2 aliphatic rings. The van der Waals surface area contributed by atoms with Crippen molar-refractivity contribution in [2.24, 2.45) is 5.41 Å². The lowest BCUT2D eigenvalue weighted by atomic mass is 9.84. The van der Waals surface area contributed by atoms with Crippen LogP contribution in [-0.2, 0) is 19.5 Å². The van der Waals surface area contributed by atoms with Gasteiger partial charge in [0.1, 0.15) is 5.67 Å². The number of benzene rings is 2. The number of alkyl halides is 1. The Morgan fingerprint density at radius 3 is 2.37 bits per heavy atom. The molecule has 4 heterocycles. The molecule has 2 aliphatic heterocycles. The van der Waals surface area contributed by atoms with Gasteiger partial charge < -0.3 is 9.97 Å². The fourth-order valence-corrected chi connectivity index (χ4v) is 5.84. The number of hydrogen-bond donors (Lipinski definition) is 2. The van der Waals surface area contributed by atoms with E-state index in [1.54, 1.807) is 13.8 Å². The largest absolute Gasteiger partial charge is 0.357 e. The lowest BCUT2D eigenvalue weighted by Gasteiger charge is -2.45. The summed E-state index contributed by atoms with van der Waals surface area (Å²) in [6, 6.07) is 19.5. The second kappa shape index (κ2) is 9.11. The molecular formula is C30H39FN4. The number of nitrogens with one attached hydrogen (secondary N) is 2. The summed E-state index contributed by atoms with van der Waals surface area (Å²) in [6.45, 7) is 14.9. The lowest BCUT2D eigenvalue weighted by molar-refractivity contribution is 0.0234. The Balaban J connectivity index is 0.000000147. The van der Waals surface area contributed by atoms with Gasteiger partial charge in [0.15, 0.2) is 0 Å². The zero-order chi connectivity index (χ0) is 24.8. The average molecular weight is 475 g/mol. The van der Waals surface area contributed by atoms with E-state index in [1.165, 1.54) is 51.8 Å². The molecule has 0 radical (unpaired) electrons. The fraction of sp³-hybridized carbons (Fsp3) is 0.467. The fourth-order valence-electron chi connectivity index (χ4n) is 5.84. The van der Waals surface area contributed by atoms with E-state index in [-0.39, 0.29) is 0 Å². The quantitative estimate of drug-likeness (QED) is 0.347. The van der Waals surface area contributed by atoms with Crippen LogP contribution < -0.4 is 0 Å². The van der Waals surface area contributed by atoms with E-state index in [9.17, 15) is 4.39 Å². The van der Waals surface area contributed by atoms with Gasteiger partial charge in [-0.2, -0.15) is 0 Å². The molecule has 35 heavy (non-hydrogen) atoms. The van der Waals surface area contributed by atoms with Crippen LogP contribution in [0.1, 0.15) is 51.6 Å². The molecule has 0 amide bonds. The number of likely N-dealkylation sites (tertiary alicyclic amines) is 1. The van der Waals surface area contributed by atoms with Crippen molar-refractivity contribution in [3.05, 3.63) is 71.5 Å². The van der Waals surface area contributed by atoms with Gasteiger partial charge in [-0.15, -0.1) is 0 Å². The van der Waals surface area contributed by atoms with Gasteiger partial charge in [-0.1, -0.05) is 50.2 Å². The minimum atomic E-state index is -1.14. The van der Waals surface area contributed by atoms with E-state index in [0.717, 1.165) is 19.5 Å². The number of aromatic nitrogens is 2. The van der Waals surface area contributed by atoms with Gasteiger partial charge in [0, 0.05) is 66.6 Å². The van der Waals surface area contributed by atoms with Crippen molar-refractivity contribution in [3.63, 3.8) is 0 Å². The topological polar surface area (TPSA) is 38.1 Å².